The number of amides is 1. The molecule has 3 heterocycles. The van der Waals surface area contributed by atoms with Crippen molar-refractivity contribution >= 4 is 16.9 Å². The van der Waals surface area contributed by atoms with Crippen LogP contribution < -0.4 is 19.5 Å². The quantitative estimate of drug-likeness (QED) is 0.507. The molecule has 1 saturated heterocycles. The summed E-state index contributed by atoms with van der Waals surface area (Å²) in [6, 6.07) is 7.28. The first-order valence-corrected chi connectivity index (χ1v) is 11.3. The summed E-state index contributed by atoms with van der Waals surface area (Å²) in [6.07, 6.45) is 1.59. The number of rotatable bonds is 9. The van der Waals surface area contributed by atoms with Crippen LogP contribution in [0.1, 0.15) is 32.2 Å². The van der Waals surface area contributed by atoms with Crippen LogP contribution in [0.4, 0.5) is 8.78 Å². The van der Waals surface area contributed by atoms with Crippen LogP contribution in [0.15, 0.2) is 30.6 Å². The molecule has 0 spiro atoms. The van der Waals surface area contributed by atoms with Crippen molar-refractivity contribution in [3.63, 3.8) is 0 Å². The Kier molecular flexibility index (Phi) is 5.97. The fourth-order valence-electron chi connectivity index (χ4n) is 4.22. The number of pyridine rings is 1. The van der Waals surface area contributed by atoms with E-state index in [9.17, 15) is 13.6 Å². The molecule has 1 amide bonds. The Morgan fingerprint density at radius 2 is 2.06 bits per heavy atom. The fourth-order valence-corrected chi connectivity index (χ4v) is 4.22. The van der Waals surface area contributed by atoms with Crippen molar-refractivity contribution in [2.75, 3.05) is 20.3 Å². The van der Waals surface area contributed by atoms with E-state index in [1.165, 1.54) is 7.11 Å². The van der Waals surface area contributed by atoms with Gasteiger partial charge < -0.3 is 24.1 Å². The number of ether oxygens (including phenoxy) is 3. The number of aromatic nitrogens is 3. The fraction of sp³-hybridized carbons (Fsp3) is 0.458. The third-order valence-electron chi connectivity index (χ3n) is 6.25. The molecule has 2 fully saturated rings. The highest BCUT2D eigenvalue weighted by Crippen LogP contribution is 2.41. The van der Waals surface area contributed by atoms with Crippen LogP contribution in [-0.4, -0.2) is 53.2 Å². The Bertz CT molecular complexity index is 1210. The highest BCUT2D eigenvalue weighted by Gasteiger charge is 2.31. The van der Waals surface area contributed by atoms with Crippen molar-refractivity contribution in [2.45, 2.75) is 44.8 Å². The number of methoxy groups -OCH3 is 1. The molecule has 3 aromatic rings. The van der Waals surface area contributed by atoms with Gasteiger partial charge in [-0.3, -0.25) is 4.79 Å². The number of hydrogen-bond acceptors (Lipinski definition) is 6. The van der Waals surface area contributed by atoms with E-state index in [1.807, 2.05) is 19.3 Å². The average molecular weight is 472 g/mol. The van der Waals surface area contributed by atoms with Gasteiger partial charge in [-0.25, -0.2) is 18.7 Å². The van der Waals surface area contributed by atoms with Crippen LogP contribution in [0, 0.1) is 5.92 Å². The number of carbonyl (C=O) groups excluding carboxylic acids is 1. The topological polar surface area (TPSA) is 87.5 Å². The van der Waals surface area contributed by atoms with Gasteiger partial charge in [0.05, 0.1) is 24.6 Å². The van der Waals surface area contributed by atoms with Gasteiger partial charge in [-0.15, -0.1) is 0 Å². The lowest BCUT2D eigenvalue weighted by atomic mass is 10.0. The molecule has 1 aliphatic carbocycles. The average Bonchev–Trinajstić information content (AvgIpc) is 3.42. The van der Waals surface area contributed by atoms with E-state index in [0.717, 1.165) is 23.9 Å². The molecule has 8 nitrogen and oxygen atoms in total. The summed E-state index contributed by atoms with van der Waals surface area (Å²) in [5, 5.41) is 2.85. The van der Waals surface area contributed by atoms with Crippen LogP contribution >= 0.6 is 0 Å². The molecule has 34 heavy (non-hydrogen) atoms. The van der Waals surface area contributed by atoms with E-state index in [2.05, 4.69) is 14.9 Å². The predicted molar refractivity (Wildman–Crippen MR) is 120 cm³/mol. The Morgan fingerprint density at radius 1 is 1.24 bits per heavy atom. The number of alkyl halides is 2. The zero-order valence-electron chi connectivity index (χ0n) is 19.0. The Hall–Kier alpha value is -3.43. The molecule has 10 heteroatoms. The van der Waals surface area contributed by atoms with E-state index >= 15 is 0 Å². The lowest BCUT2D eigenvalue weighted by Crippen LogP contribution is -2.26. The van der Waals surface area contributed by atoms with Gasteiger partial charge in [0.2, 0.25) is 11.8 Å². The lowest BCUT2D eigenvalue weighted by molar-refractivity contribution is -0.119. The second-order valence-electron chi connectivity index (χ2n) is 8.72. The van der Waals surface area contributed by atoms with Crippen molar-refractivity contribution in [3.05, 3.63) is 30.6 Å². The Labute approximate surface area is 195 Å². The lowest BCUT2D eigenvalue weighted by Gasteiger charge is -2.20. The maximum absolute atomic E-state index is 12.6. The molecule has 180 valence electrons. The number of fused-ring (bicyclic) bond motifs is 1. The number of nitrogens with zero attached hydrogens (tertiary/aromatic N) is 3. The minimum Gasteiger partial charge on any atom is -0.493 e. The largest absolute Gasteiger partial charge is 0.493 e. The molecule has 2 aliphatic rings. The molecule has 2 aromatic heterocycles. The first-order chi connectivity index (χ1) is 16.4. The Morgan fingerprint density at radius 3 is 2.74 bits per heavy atom. The van der Waals surface area contributed by atoms with Crippen molar-refractivity contribution in [3.8, 4) is 28.6 Å². The van der Waals surface area contributed by atoms with Crippen molar-refractivity contribution in [1.82, 2.24) is 19.9 Å². The third kappa shape index (κ3) is 4.49. The van der Waals surface area contributed by atoms with Crippen LogP contribution in [0.3, 0.4) is 0 Å². The molecule has 1 unspecified atom stereocenters. The molecule has 2 atom stereocenters. The van der Waals surface area contributed by atoms with E-state index in [-0.39, 0.29) is 23.7 Å². The SMILES string of the molecule is COc1cc(-c2cc3ncn(C4CC4)c3c(O[C@H](C)C3CNC(=O)C3)n2)ccc1OCC(F)F. The smallest absolute Gasteiger partial charge is 0.272 e. The number of halogens is 2. The molecular formula is C24H26F2N4O4. The van der Waals surface area contributed by atoms with Crippen LogP contribution in [0.2, 0.25) is 0 Å². The highest BCUT2D eigenvalue weighted by molar-refractivity contribution is 5.85. The second kappa shape index (κ2) is 9.08. The number of nitrogens with one attached hydrogen (secondary N) is 1. The summed E-state index contributed by atoms with van der Waals surface area (Å²) < 4.78 is 44.1. The molecule has 5 rings (SSSR count). The van der Waals surface area contributed by atoms with Crippen LogP contribution in [0.5, 0.6) is 17.4 Å². The maximum atomic E-state index is 12.6. The number of hydrogen-bond donors (Lipinski definition) is 1. The van der Waals surface area contributed by atoms with Crippen molar-refractivity contribution < 1.29 is 27.8 Å². The van der Waals surface area contributed by atoms with Crippen molar-refractivity contribution in [1.29, 1.82) is 0 Å². The first-order valence-electron chi connectivity index (χ1n) is 11.3. The van der Waals surface area contributed by atoms with Crippen LogP contribution in [-0.2, 0) is 4.79 Å². The Balaban J connectivity index is 1.51. The first kappa shape index (κ1) is 22.4. The van der Waals surface area contributed by atoms with Gasteiger partial charge >= 0.3 is 0 Å². The summed E-state index contributed by atoms with van der Waals surface area (Å²) in [6.45, 7) is 1.80. The zero-order valence-corrected chi connectivity index (χ0v) is 19.0. The van der Waals surface area contributed by atoms with Crippen LogP contribution in [0.25, 0.3) is 22.3 Å². The van der Waals surface area contributed by atoms with Gasteiger partial charge in [0, 0.05) is 30.5 Å². The van der Waals surface area contributed by atoms with E-state index in [0.29, 0.717) is 41.9 Å². The second-order valence-corrected chi connectivity index (χ2v) is 8.72. The summed E-state index contributed by atoms with van der Waals surface area (Å²) in [4.78, 5) is 21.1. The predicted octanol–water partition coefficient (Wildman–Crippen LogP) is 3.99. The molecular weight excluding hydrogens is 446 g/mol. The monoisotopic (exact) mass is 472 g/mol. The number of carbonyl (C=O) groups is 1. The molecule has 1 N–H and O–H groups in total. The summed E-state index contributed by atoms with van der Waals surface area (Å²) in [7, 11) is 1.45. The van der Waals surface area contributed by atoms with Crippen molar-refractivity contribution in [2.24, 2.45) is 5.92 Å². The van der Waals surface area contributed by atoms with E-state index < -0.39 is 13.0 Å². The molecule has 1 saturated carbocycles. The van der Waals surface area contributed by atoms with Gasteiger partial charge in [-0.1, -0.05) is 0 Å². The van der Waals surface area contributed by atoms with E-state index in [4.69, 9.17) is 19.2 Å². The third-order valence-corrected chi connectivity index (χ3v) is 6.25. The summed E-state index contributed by atoms with van der Waals surface area (Å²) in [5.74, 6) is 1.10. The number of benzene rings is 1. The highest BCUT2D eigenvalue weighted by atomic mass is 19.3. The normalized spacial score (nSPS) is 18.9. The molecule has 0 bridgehead atoms. The molecule has 1 aromatic carbocycles. The zero-order chi connectivity index (χ0) is 23.8. The van der Waals surface area contributed by atoms with Gasteiger partial charge in [-0.2, -0.15) is 0 Å². The standard InChI is InChI=1S/C24H26F2N4O4/c1-13(15-8-22(31)27-10-15)34-24-23-18(28-12-30(23)16-4-5-16)9-17(29-24)14-3-6-19(20(7-14)32-2)33-11-21(25)26/h3,6-7,9,12-13,15-16,21H,4-5,8,10-11H2,1-2H3,(H,27,31)/t13-,15?/m1/s1. The van der Waals surface area contributed by atoms with Gasteiger partial charge in [0.15, 0.2) is 11.5 Å². The maximum Gasteiger partial charge on any atom is 0.272 e. The minimum absolute atomic E-state index is 0.0246. The number of imidazole rings is 1. The van der Waals surface area contributed by atoms with Gasteiger partial charge in [-0.05, 0) is 44.0 Å². The van der Waals surface area contributed by atoms with Gasteiger partial charge in [0.1, 0.15) is 18.2 Å². The minimum atomic E-state index is -2.58. The summed E-state index contributed by atoms with van der Waals surface area (Å²) in [5.41, 5.74) is 2.89. The molecule has 1 aliphatic heterocycles. The van der Waals surface area contributed by atoms with E-state index in [1.54, 1.807) is 18.2 Å². The molecule has 0 radical (unpaired) electrons. The van der Waals surface area contributed by atoms with Gasteiger partial charge in [0.25, 0.3) is 6.43 Å². The summed E-state index contributed by atoms with van der Waals surface area (Å²) >= 11 is 0.